The molecule has 1 N–H and O–H groups in total. The predicted molar refractivity (Wildman–Crippen MR) is 137 cm³/mol. The Morgan fingerprint density at radius 1 is 1.17 bits per heavy atom. The van der Waals surface area contributed by atoms with Crippen LogP contribution in [0.1, 0.15) is 62.8 Å². The number of hydrogen-bond donors (Lipinski definition) is 1. The Hall–Kier alpha value is -2.87. The van der Waals surface area contributed by atoms with Crippen molar-refractivity contribution in [1.82, 2.24) is 25.0 Å². The highest BCUT2D eigenvalue weighted by atomic mass is 16.3. The maximum Gasteiger partial charge on any atom is 0.320 e. The lowest BCUT2D eigenvalue weighted by atomic mass is 9.68. The summed E-state index contributed by atoms with van der Waals surface area (Å²) in [6.45, 7) is 2.27. The lowest BCUT2D eigenvalue weighted by molar-refractivity contribution is -0.121. The van der Waals surface area contributed by atoms with Crippen molar-refractivity contribution in [3.8, 4) is 0 Å². The maximum absolute atomic E-state index is 13.7. The van der Waals surface area contributed by atoms with Gasteiger partial charge in [-0.25, -0.2) is 9.78 Å². The van der Waals surface area contributed by atoms with E-state index < -0.39 is 0 Å². The van der Waals surface area contributed by atoms with Crippen molar-refractivity contribution < 1.29 is 14.0 Å². The molecule has 1 spiro atoms. The Bertz CT molecular complexity index is 1030. The Labute approximate surface area is 214 Å². The zero-order chi connectivity index (χ0) is 25.2. The molecule has 1 saturated heterocycles. The first-order chi connectivity index (χ1) is 17.4. The van der Waals surface area contributed by atoms with E-state index in [1.54, 1.807) is 6.20 Å². The Morgan fingerprint density at radius 2 is 1.92 bits per heavy atom. The van der Waals surface area contributed by atoms with Gasteiger partial charge in [0.25, 0.3) is 0 Å². The summed E-state index contributed by atoms with van der Waals surface area (Å²) in [5.74, 6) is 1.01. The molecule has 3 fully saturated rings. The highest BCUT2D eigenvalue weighted by molar-refractivity contribution is 5.80. The minimum atomic E-state index is -0.143. The molecular weight excluding hydrogens is 454 g/mol. The summed E-state index contributed by atoms with van der Waals surface area (Å²) >= 11 is 0. The number of nitrogens with one attached hydrogen (secondary N) is 1. The van der Waals surface area contributed by atoms with E-state index >= 15 is 0 Å². The number of benzene rings is 1. The number of carbonyl (C=O) groups is 2. The highest BCUT2D eigenvalue weighted by Gasteiger charge is 2.54. The van der Waals surface area contributed by atoms with Gasteiger partial charge in [0.05, 0.1) is 18.3 Å². The van der Waals surface area contributed by atoms with Gasteiger partial charge < -0.3 is 19.5 Å². The lowest BCUT2D eigenvalue weighted by Gasteiger charge is -2.51. The van der Waals surface area contributed by atoms with Gasteiger partial charge in [0.15, 0.2) is 0 Å². The summed E-state index contributed by atoms with van der Waals surface area (Å²) in [4.78, 5) is 36.7. The monoisotopic (exact) mass is 493 g/mol. The molecule has 5 rings (SSSR count). The fourth-order valence-corrected chi connectivity index (χ4v) is 6.40. The second kappa shape index (κ2) is 10.2. The van der Waals surface area contributed by atoms with Gasteiger partial charge in [-0.3, -0.25) is 9.69 Å². The molecule has 0 radical (unpaired) electrons. The molecule has 2 aromatic rings. The van der Waals surface area contributed by atoms with Gasteiger partial charge in [-0.15, -0.1) is 0 Å². The Morgan fingerprint density at radius 3 is 2.53 bits per heavy atom. The standard InChI is InChI=1S/C28H39N5O3/c1-31(2)28(23-9-4-3-5-10-23)14-12-27(13-15-28)21-32(26(35)33(27)20-22-7-6-8-22)17-11-24(34)30-19-25-29-16-18-36-25/h3-5,9-10,16,18,22H,6-8,11-15,17,19-21H2,1-2H3,(H,30,34)/t27-,28+. The van der Waals surface area contributed by atoms with Crippen LogP contribution in [0.4, 0.5) is 4.79 Å². The molecule has 1 aromatic carbocycles. The zero-order valence-electron chi connectivity index (χ0n) is 21.6. The third-order valence-corrected chi connectivity index (χ3v) is 8.93. The molecule has 194 valence electrons. The van der Waals surface area contributed by atoms with Crippen LogP contribution in [0.2, 0.25) is 0 Å². The average Bonchev–Trinajstić information content (AvgIpc) is 3.47. The van der Waals surface area contributed by atoms with Crippen molar-refractivity contribution in [1.29, 1.82) is 0 Å². The molecule has 8 heteroatoms. The number of hydrogen-bond acceptors (Lipinski definition) is 5. The van der Waals surface area contributed by atoms with E-state index in [0.29, 0.717) is 24.9 Å². The van der Waals surface area contributed by atoms with Gasteiger partial charge in [-0.2, -0.15) is 0 Å². The van der Waals surface area contributed by atoms with Crippen molar-refractivity contribution in [3.63, 3.8) is 0 Å². The number of urea groups is 1. The van der Waals surface area contributed by atoms with Crippen LogP contribution in [0.25, 0.3) is 0 Å². The second-order valence-electron chi connectivity index (χ2n) is 11.1. The van der Waals surface area contributed by atoms with Gasteiger partial charge >= 0.3 is 6.03 Å². The van der Waals surface area contributed by atoms with Gasteiger partial charge in [0.2, 0.25) is 11.8 Å². The van der Waals surface area contributed by atoms with Crippen LogP contribution >= 0.6 is 0 Å². The molecule has 2 heterocycles. The van der Waals surface area contributed by atoms with E-state index in [1.807, 2.05) is 4.90 Å². The molecule has 1 aliphatic heterocycles. The fraction of sp³-hybridized carbons (Fsp3) is 0.607. The van der Waals surface area contributed by atoms with Crippen LogP contribution in [0.5, 0.6) is 0 Å². The van der Waals surface area contributed by atoms with E-state index in [-0.39, 0.29) is 36.0 Å². The molecule has 2 aliphatic carbocycles. The molecule has 8 nitrogen and oxygen atoms in total. The first-order valence-corrected chi connectivity index (χ1v) is 13.4. The van der Waals surface area contributed by atoms with Crippen LogP contribution < -0.4 is 5.32 Å². The number of carbonyl (C=O) groups excluding carboxylic acids is 2. The minimum Gasteiger partial charge on any atom is -0.447 e. The molecule has 36 heavy (non-hydrogen) atoms. The van der Waals surface area contributed by atoms with Crippen molar-refractivity contribution in [2.75, 3.05) is 33.7 Å². The van der Waals surface area contributed by atoms with Crippen LogP contribution in [-0.4, -0.2) is 70.9 Å². The number of oxazole rings is 1. The lowest BCUT2D eigenvalue weighted by Crippen LogP contribution is -2.56. The molecule has 3 aliphatic rings. The number of rotatable bonds is 9. The third kappa shape index (κ3) is 4.75. The zero-order valence-corrected chi connectivity index (χ0v) is 21.6. The SMILES string of the molecule is CN(C)[C@]1(c2ccccc2)CC[C@]2(CC1)CN(CCC(=O)NCc1ncco1)C(=O)N2CC1CCC1. The largest absolute Gasteiger partial charge is 0.447 e. The number of amides is 3. The van der Waals surface area contributed by atoms with E-state index in [0.717, 1.165) is 32.2 Å². The van der Waals surface area contributed by atoms with Crippen molar-refractivity contribution in [2.24, 2.45) is 5.92 Å². The Kier molecular flexibility index (Phi) is 7.06. The summed E-state index contributed by atoms with van der Waals surface area (Å²) in [5, 5.41) is 2.85. The molecule has 2 saturated carbocycles. The minimum absolute atomic E-state index is 0.00904. The summed E-state index contributed by atoms with van der Waals surface area (Å²) in [7, 11) is 4.36. The third-order valence-electron chi connectivity index (χ3n) is 8.93. The molecule has 1 aromatic heterocycles. The maximum atomic E-state index is 13.7. The summed E-state index contributed by atoms with van der Waals surface area (Å²) in [5.41, 5.74) is 1.21. The van der Waals surface area contributed by atoms with Crippen molar-refractivity contribution in [3.05, 3.63) is 54.2 Å². The molecule has 3 amide bonds. The summed E-state index contributed by atoms with van der Waals surface area (Å²) in [6, 6.07) is 10.9. The first-order valence-electron chi connectivity index (χ1n) is 13.4. The van der Waals surface area contributed by atoms with Gasteiger partial charge in [-0.05, 0) is 64.1 Å². The van der Waals surface area contributed by atoms with Crippen LogP contribution in [0.15, 0.2) is 47.2 Å². The second-order valence-corrected chi connectivity index (χ2v) is 11.1. The topological polar surface area (TPSA) is 81.9 Å². The Balaban J connectivity index is 1.27. The van der Waals surface area contributed by atoms with Crippen LogP contribution in [0.3, 0.4) is 0 Å². The number of nitrogens with zero attached hydrogens (tertiary/aromatic N) is 4. The normalized spacial score (nSPS) is 26.6. The van der Waals surface area contributed by atoms with Crippen molar-refractivity contribution >= 4 is 11.9 Å². The van der Waals surface area contributed by atoms with Gasteiger partial charge in [0, 0.05) is 31.6 Å². The molecule has 0 atom stereocenters. The van der Waals surface area contributed by atoms with E-state index in [1.165, 1.54) is 31.1 Å². The van der Waals surface area contributed by atoms with Crippen LogP contribution in [0, 0.1) is 5.92 Å². The number of aromatic nitrogens is 1. The van der Waals surface area contributed by atoms with E-state index in [9.17, 15) is 9.59 Å². The van der Waals surface area contributed by atoms with Crippen molar-refractivity contribution in [2.45, 2.75) is 69.0 Å². The van der Waals surface area contributed by atoms with Crippen LogP contribution in [-0.2, 0) is 16.9 Å². The molecule has 0 unspecified atom stereocenters. The average molecular weight is 494 g/mol. The summed E-state index contributed by atoms with van der Waals surface area (Å²) < 4.78 is 5.19. The highest BCUT2D eigenvalue weighted by Crippen LogP contribution is 2.49. The van der Waals surface area contributed by atoms with Gasteiger partial charge in [0.1, 0.15) is 6.26 Å². The van der Waals surface area contributed by atoms with Gasteiger partial charge in [-0.1, -0.05) is 36.8 Å². The van der Waals surface area contributed by atoms with E-state index in [4.69, 9.17) is 4.42 Å². The predicted octanol–water partition coefficient (Wildman–Crippen LogP) is 3.99. The van der Waals surface area contributed by atoms with E-state index in [2.05, 4.69) is 64.5 Å². The quantitative estimate of drug-likeness (QED) is 0.571. The summed E-state index contributed by atoms with van der Waals surface area (Å²) in [6.07, 6.45) is 11.0. The smallest absolute Gasteiger partial charge is 0.320 e. The molecule has 0 bridgehead atoms. The fourth-order valence-electron chi connectivity index (χ4n) is 6.40. The first kappa shape index (κ1) is 24.8. The molecular formula is C28H39N5O3.